The molecule has 0 aliphatic carbocycles. The number of hydrogen-bond donors (Lipinski definition) is 1. The minimum Gasteiger partial charge on any atom is -0.398 e. The Labute approximate surface area is 124 Å². The first kappa shape index (κ1) is 15.4. The molecule has 0 saturated heterocycles. The molecular formula is C15H18N2O3S. The van der Waals surface area contributed by atoms with Crippen molar-refractivity contribution in [3.8, 4) is 0 Å². The molecule has 2 aromatic rings. The van der Waals surface area contributed by atoms with Crippen LogP contribution in [0.25, 0.3) is 10.9 Å². The van der Waals surface area contributed by atoms with Crippen LogP contribution in [0.2, 0.25) is 0 Å². The fraction of sp³-hybridized carbons (Fsp3) is 0.333. The number of carbonyl (C=O) groups is 1. The molecule has 6 heteroatoms. The number of pyridine rings is 1. The van der Waals surface area contributed by atoms with Crippen LogP contribution in [-0.4, -0.2) is 30.2 Å². The Morgan fingerprint density at radius 2 is 1.95 bits per heavy atom. The summed E-state index contributed by atoms with van der Waals surface area (Å²) in [6.45, 7) is 3.21. The van der Waals surface area contributed by atoms with Gasteiger partial charge in [-0.05, 0) is 26.0 Å². The maximum atomic E-state index is 12.1. The van der Waals surface area contributed by atoms with Crippen LogP contribution in [-0.2, 0) is 9.84 Å². The highest BCUT2D eigenvalue weighted by atomic mass is 32.2. The molecule has 1 aromatic carbocycles. The van der Waals surface area contributed by atoms with Gasteiger partial charge in [-0.1, -0.05) is 18.2 Å². The summed E-state index contributed by atoms with van der Waals surface area (Å²) < 4.78 is 23.5. The smallest absolute Gasteiger partial charge is 0.182 e. The number of nitrogen functional groups attached to an aromatic ring is 1. The van der Waals surface area contributed by atoms with Crippen LogP contribution in [0.4, 0.5) is 5.69 Å². The number of anilines is 1. The second kappa shape index (κ2) is 5.81. The zero-order valence-corrected chi connectivity index (χ0v) is 12.9. The number of nitrogens with zero attached hydrogens (tertiary/aromatic N) is 1. The Kier molecular flexibility index (Phi) is 4.27. The number of nitrogens with two attached hydrogens (primary N) is 1. The molecule has 0 radical (unpaired) electrons. The summed E-state index contributed by atoms with van der Waals surface area (Å²) in [6.07, 6.45) is -0.0781. The van der Waals surface area contributed by atoms with Gasteiger partial charge in [0.15, 0.2) is 15.6 Å². The third-order valence-corrected chi connectivity index (χ3v) is 5.58. The average Bonchev–Trinajstić information content (AvgIpc) is 2.44. The van der Waals surface area contributed by atoms with E-state index in [-0.39, 0.29) is 23.7 Å². The maximum Gasteiger partial charge on any atom is 0.182 e. The molecule has 0 spiro atoms. The lowest BCUT2D eigenvalue weighted by molar-refractivity contribution is 0.0984. The maximum absolute atomic E-state index is 12.1. The van der Waals surface area contributed by atoms with E-state index < -0.39 is 15.1 Å². The van der Waals surface area contributed by atoms with Gasteiger partial charge in [0.25, 0.3) is 0 Å². The van der Waals surface area contributed by atoms with E-state index in [1.165, 1.54) is 6.07 Å². The highest BCUT2D eigenvalue weighted by Gasteiger charge is 2.19. The highest BCUT2D eigenvalue weighted by molar-refractivity contribution is 7.91. The second-order valence-electron chi connectivity index (χ2n) is 5.20. The van der Waals surface area contributed by atoms with E-state index >= 15 is 0 Å². The lowest BCUT2D eigenvalue weighted by atomic mass is 10.1. The summed E-state index contributed by atoms with van der Waals surface area (Å²) >= 11 is 0. The lowest BCUT2D eigenvalue weighted by Crippen LogP contribution is -2.20. The van der Waals surface area contributed by atoms with Crippen LogP contribution in [0.15, 0.2) is 30.3 Å². The SMILES string of the molecule is CC(C)S(=O)(=O)CCC(=O)c1cc(N)c2ccccc2n1. The monoisotopic (exact) mass is 306 g/mol. The number of hydrogen-bond acceptors (Lipinski definition) is 5. The largest absolute Gasteiger partial charge is 0.398 e. The van der Waals surface area contributed by atoms with Crippen LogP contribution >= 0.6 is 0 Å². The topological polar surface area (TPSA) is 90.1 Å². The Morgan fingerprint density at radius 1 is 1.29 bits per heavy atom. The van der Waals surface area contributed by atoms with Crippen LogP contribution in [0.1, 0.15) is 30.8 Å². The predicted octanol–water partition coefficient (Wildman–Crippen LogP) is 2.21. The summed E-state index contributed by atoms with van der Waals surface area (Å²) in [4.78, 5) is 16.4. The molecule has 0 atom stereocenters. The second-order valence-corrected chi connectivity index (χ2v) is 7.88. The van der Waals surface area contributed by atoms with Crippen LogP contribution in [0, 0.1) is 0 Å². The molecule has 5 nitrogen and oxygen atoms in total. The fourth-order valence-electron chi connectivity index (χ4n) is 1.94. The Hall–Kier alpha value is -1.95. The van der Waals surface area contributed by atoms with Crippen molar-refractivity contribution in [2.45, 2.75) is 25.5 Å². The van der Waals surface area contributed by atoms with Gasteiger partial charge in [0.2, 0.25) is 0 Å². The van der Waals surface area contributed by atoms with E-state index in [1.807, 2.05) is 18.2 Å². The number of carbonyl (C=O) groups excluding carboxylic acids is 1. The minimum absolute atomic E-state index is 0.0781. The van der Waals surface area contributed by atoms with Gasteiger partial charge in [0, 0.05) is 17.5 Å². The van der Waals surface area contributed by atoms with Crippen molar-refractivity contribution in [3.63, 3.8) is 0 Å². The van der Waals surface area contributed by atoms with Gasteiger partial charge in [-0.25, -0.2) is 13.4 Å². The first-order valence-electron chi connectivity index (χ1n) is 6.71. The molecule has 0 aliphatic rings. The van der Waals surface area contributed by atoms with Gasteiger partial charge in [-0.2, -0.15) is 0 Å². The van der Waals surface area contributed by atoms with Crippen molar-refractivity contribution in [1.82, 2.24) is 4.98 Å². The first-order chi connectivity index (χ1) is 9.81. The number of aromatic nitrogens is 1. The third-order valence-electron chi connectivity index (χ3n) is 3.37. The molecule has 112 valence electrons. The number of rotatable bonds is 5. The normalized spacial score (nSPS) is 12.0. The molecule has 0 bridgehead atoms. The van der Waals surface area contributed by atoms with Crippen molar-refractivity contribution in [1.29, 1.82) is 0 Å². The van der Waals surface area contributed by atoms with E-state index in [2.05, 4.69) is 4.98 Å². The van der Waals surface area contributed by atoms with Gasteiger partial charge < -0.3 is 5.73 Å². The van der Waals surface area contributed by atoms with E-state index in [4.69, 9.17) is 5.73 Å². The minimum atomic E-state index is -3.23. The first-order valence-corrected chi connectivity index (χ1v) is 8.43. The van der Waals surface area contributed by atoms with Crippen molar-refractivity contribution in [2.24, 2.45) is 0 Å². The van der Waals surface area contributed by atoms with Gasteiger partial charge >= 0.3 is 0 Å². The lowest BCUT2D eigenvalue weighted by Gasteiger charge is -2.08. The van der Waals surface area contributed by atoms with E-state index in [9.17, 15) is 13.2 Å². The number of Topliss-reactive ketones (excluding diaryl/α,β-unsaturated/α-hetero) is 1. The molecule has 1 heterocycles. The van der Waals surface area contributed by atoms with E-state index in [1.54, 1.807) is 19.9 Å². The summed E-state index contributed by atoms with van der Waals surface area (Å²) in [5, 5.41) is 0.295. The zero-order chi connectivity index (χ0) is 15.6. The van der Waals surface area contributed by atoms with Crippen molar-refractivity contribution >= 4 is 32.2 Å². The summed E-state index contributed by atoms with van der Waals surface area (Å²) in [5.41, 5.74) is 7.23. The number of benzene rings is 1. The Balaban J connectivity index is 2.24. The Morgan fingerprint density at radius 3 is 2.62 bits per heavy atom. The summed E-state index contributed by atoms with van der Waals surface area (Å²) in [5.74, 6) is -0.477. The molecule has 0 fully saturated rings. The fourth-order valence-corrected chi connectivity index (χ4v) is 2.89. The van der Waals surface area contributed by atoms with Gasteiger partial charge in [0.1, 0.15) is 5.69 Å². The number of sulfone groups is 1. The molecular weight excluding hydrogens is 288 g/mol. The molecule has 0 saturated carbocycles. The Bertz CT molecular complexity index is 783. The van der Waals surface area contributed by atoms with Crippen LogP contribution in [0.5, 0.6) is 0 Å². The van der Waals surface area contributed by atoms with Gasteiger partial charge in [0.05, 0.1) is 16.5 Å². The van der Waals surface area contributed by atoms with E-state index in [0.717, 1.165) is 5.39 Å². The molecule has 1 aromatic heterocycles. The van der Waals surface area contributed by atoms with Crippen molar-refractivity contribution in [3.05, 3.63) is 36.0 Å². The molecule has 0 unspecified atom stereocenters. The number of para-hydroxylation sites is 1. The molecule has 2 N–H and O–H groups in total. The van der Waals surface area contributed by atoms with Gasteiger partial charge in [-0.3, -0.25) is 4.79 Å². The zero-order valence-electron chi connectivity index (χ0n) is 12.0. The summed E-state index contributed by atoms with van der Waals surface area (Å²) in [6, 6.07) is 8.76. The predicted molar refractivity (Wildman–Crippen MR) is 84.0 cm³/mol. The van der Waals surface area contributed by atoms with Gasteiger partial charge in [-0.15, -0.1) is 0 Å². The van der Waals surface area contributed by atoms with Crippen molar-refractivity contribution in [2.75, 3.05) is 11.5 Å². The van der Waals surface area contributed by atoms with Crippen LogP contribution < -0.4 is 5.73 Å². The third kappa shape index (κ3) is 3.39. The molecule has 0 aliphatic heterocycles. The average molecular weight is 306 g/mol. The number of ketones is 1. The van der Waals surface area contributed by atoms with Crippen molar-refractivity contribution < 1.29 is 13.2 Å². The van der Waals surface area contributed by atoms with E-state index in [0.29, 0.717) is 11.2 Å². The van der Waals surface area contributed by atoms with Crippen LogP contribution in [0.3, 0.4) is 0 Å². The molecule has 21 heavy (non-hydrogen) atoms. The number of fused-ring (bicyclic) bond motifs is 1. The standard InChI is InChI=1S/C15H18N2O3S/c1-10(2)21(19,20)8-7-15(18)14-9-12(16)11-5-3-4-6-13(11)17-14/h3-6,9-10H,7-8H2,1-2H3,(H2,16,17). The molecule has 0 amide bonds. The summed E-state index contributed by atoms with van der Waals surface area (Å²) in [7, 11) is -3.23. The highest BCUT2D eigenvalue weighted by Crippen LogP contribution is 2.21. The molecule has 2 rings (SSSR count). The quantitative estimate of drug-likeness (QED) is 0.855.